The van der Waals surface area contributed by atoms with Crippen molar-refractivity contribution in [1.82, 2.24) is 15.3 Å². The van der Waals surface area contributed by atoms with E-state index in [4.69, 9.17) is 9.47 Å². The lowest BCUT2D eigenvalue weighted by Gasteiger charge is -2.14. The number of amides is 1. The first-order valence-electron chi connectivity index (χ1n) is 5.06. The zero-order valence-corrected chi connectivity index (χ0v) is 8.73. The summed E-state index contributed by atoms with van der Waals surface area (Å²) in [5.41, 5.74) is 0.982. The fourth-order valence-corrected chi connectivity index (χ4v) is 1.31. The Kier molecular flexibility index (Phi) is 3.42. The number of hydrogen-bond acceptors (Lipinski definition) is 4. The van der Waals surface area contributed by atoms with E-state index in [1.807, 2.05) is 0 Å². The predicted molar refractivity (Wildman–Crippen MR) is 55.3 cm³/mol. The molecule has 1 aliphatic rings. The van der Waals surface area contributed by atoms with Crippen LogP contribution in [0.3, 0.4) is 0 Å². The van der Waals surface area contributed by atoms with Gasteiger partial charge in [0.05, 0.1) is 6.33 Å². The first-order chi connectivity index (χ1) is 7.86. The number of rotatable bonds is 4. The van der Waals surface area contributed by atoms with E-state index in [-0.39, 0.29) is 11.7 Å². The van der Waals surface area contributed by atoms with Crippen LogP contribution in [-0.4, -0.2) is 35.6 Å². The maximum absolute atomic E-state index is 11.5. The highest BCUT2D eigenvalue weighted by molar-refractivity contribution is 5.91. The van der Waals surface area contributed by atoms with Gasteiger partial charge in [0.2, 0.25) is 5.76 Å². The summed E-state index contributed by atoms with van der Waals surface area (Å²) in [5.74, 6) is -0.0184. The van der Waals surface area contributed by atoms with E-state index in [2.05, 4.69) is 15.3 Å². The topological polar surface area (TPSA) is 76.2 Å². The normalized spacial score (nSPS) is 14.6. The van der Waals surface area contributed by atoms with Gasteiger partial charge in [-0.2, -0.15) is 0 Å². The summed E-state index contributed by atoms with van der Waals surface area (Å²) in [7, 11) is 0. The van der Waals surface area contributed by atoms with Crippen molar-refractivity contribution in [3.8, 4) is 0 Å². The maximum Gasteiger partial charge on any atom is 0.289 e. The molecule has 0 fully saturated rings. The van der Waals surface area contributed by atoms with Gasteiger partial charge in [-0.1, -0.05) is 0 Å². The van der Waals surface area contributed by atoms with E-state index in [0.29, 0.717) is 26.2 Å². The molecule has 1 aliphatic heterocycles. The van der Waals surface area contributed by atoms with Crippen LogP contribution in [0.1, 0.15) is 5.69 Å². The summed E-state index contributed by atoms with van der Waals surface area (Å²) < 4.78 is 10.1. The zero-order valence-electron chi connectivity index (χ0n) is 8.73. The van der Waals surface area contributed by atoms with Crippen molar-refractivity contribution >= 4 is 5.91 Å². The first-order valence-corrected chi connectivity index (χ1v) is 5.06. The summed E-state index contributed by atoms with van der Waals surface area (Å²) in [5, 5.41) is 2.73. The molecule has 0 saturated heterocycles. The standard InChI is InChI=1S/C10H13N3O3/c14-10(9-6-15-3-4-16-9)12-2-1-8-5-11-7-13-8/h5-7H,1-4H2,(H,11,13)(H,12,14). The molecule has 1 aromatic heterocycles. The van der Waals surface area contributed by atoms with Gasteiger partial charge in [-0.25, -0.2) is 4.98 Å². The molecule has 16 heavy (non-hydrogen) atoms. The van der Waals surface area contributed by atoms with E-state index >= 15 is 0 Å². The highest BCUT2D eigenvalue weighted by Crippen LogP contribution is 2.03. The number of hydrogen-bond donors (Lipinski definition) is 2. The fraction of sp³-hybridized carbons (Fsp3) is 0.400. The van der Waals surface area contributed by atoms with E-state index in [1.54, 1.807) is 12.5 Å². The van der Waals surface area contributed by atoms with E-state index in [1.165, 1.54) is 6.26 Å². The zero-order chi connectivity index (χ0) is 11.2. The smallest absolute Gasteiger partial charge is 0.289 e. The molecule has 0 spiro atoms. The van der Waals surface area contributed by atoms with Crippen LogP contribution in [0.2, 0.25) is 0 Å². The van der Waals surface area contributed by atoms with Crippen LogP contribution in [0.5, 0.6) is 0 Å². The summed E-state index contributed by atoms with van der Waals surface area (Å²) in [4.78, 5) is 18.4. The quantitative estimate of drug-likeness (QED) is 0.750. The minimum atomic E-state index is -0.251. The molecule has 0 atom stereocenters. The van der Waals surface area contributed by atoms with Crippen LogP contribution in [-0.2, 0) is 20.7 Å². The lowest BCUT2D eigenvalue weighted by Crippen LogP contribution is -2.30. The lowest BCUT2D eigenvalue weighted by atomic mass is 10.3. The summed E-state index contributed by atoms with van der Waals surface area (Å²) in [6, 6.07) is 0. The molecule has 0 bridgehead atoms. The second kappa shape index (κ2) is 5.20. The molecule has 2 rings (SSSR count). The van der Waals surface area contributed by atoms with Crippen LogP contribution in [0.25, 0.3) is 0 Å². The van der Waals surface area contributed by atoms with Crippen LogP contribution < -0.4 is 5.32 Å². The van der Waals surface area contributed by atoms with Crippen LogP contribution >= 0.6 is 0 Å². The van der Waals surface area contributed by atoms with Gasteiger partial charge in [-0.15, -0.1) is 0 Å². The minimum Gasteiger partial charge on any atom is -0.494 e. The molecule has 1 aromatic rings. The number of ether oxygens (including phenoxy) is 2. The second-order valence-corrected chi connectivity index (χ2v) is 3.28. The SMILES string of the molecule is O=C(NCCc1cnc[nH]1)C1=COCCO1. The molecule has 0 saturated carbocycles. The number of aromatic amines is 1. The monoisotopic (exact) mass is 223 g/mol. The average molecular weight is 223 g/mol. The third kappa shape index (κ3) is 2.75. The number of carbonyl (C=O) groups excluding carboxylic acids is 1. The molecule has 2 heterocycles. The highest BCUT2D eigenvalue weighted by atomic mass is 16.6. The summed E-state index contributed by atoms with van der Waals surface area (Å²) in [6.07, 6.45) is 5.39. The Hall–Kier alpha value is -1.98. The number of carbonyl (C=O) groups is 1. The van der Waals surface area contributed by atoms with E-state index in [0.717, 1.165) is 5.69 Å². The van der Waals surface area contributed by atoms with Crippen molar-refractivity contribution in [2.24, 2.45) is 0 Å². The number of aromatic nitrogens is 2. The van der Waals surface area contributed by atoms with Crippen molar-refractivity contribution < 1.29 is 14.3 Å². The first kappa shape index (κ1) is 10.5. The molecule has 6 nitrogen and oxygen atoms in total. The minimum absolute atomic E-state index is 0.232. The van der Waals surface area contributed by atoms with Crippen molar-refractivity contribution in [2.75, 3.05) is 19.8 Å². The molecule has 0 aliphatic carbocycles. The predicted octanol–water partition coefficient (Wildman–Crippen LogP) is -0.0434. The third-order valence-electron chi connectivity index (χ3n) is 2.11. The van der Waals surface area contributed by atoms with Gasteiger partial charge in [0.1, 0.15) is 19.5 Å². The Labute approximate surface area is 92.7 Å². The Balaban J connectivity index is 1.73. The number of nitrogens with one attached hydrogen (secondary N) is 2. The Morgan fingerprint density at radius 3 is 3.19 bits per heavy atom. The molecule has 1 amide bonds. The third-order valence-corrected chi connectivity index (χ3v) is 2.11. The maximum atomic E-state index is 11.5. The van der Waals surface area contributed by atoms with Crippen molar-refractivity contribution in [2.45, 2.75) is 6.42 Å². The van der Waals surface area contributed by atoms with Crippen molar-refractivity contribution in [1.29, 1.82) is 0 Å². The number of imidazole rings is 1. The molecule has 6 heteroatoms. The molecule has 2 N–H and O–H groups in total. The second-order valence-electron chi connectivity index (χ2n) is 3.28. The Morgan fingerprint density at radius 2 is 2.50 bits per heavy atom. The fourth-order valence-electron chi connectivity index (χ4n) is 1.31. The Morgan fingerprint density at radius 1 is 1.56 bits per heavy atom. The molecule has 0 radical (unpaired) electrons. The van der Waals surface area contributed by atoms with Crippen LogP contribution in [0.4, 0.5) is 0 Å². The largest absolute Gasteiger partial charge is 0.494 e. The number of H-pyrrole nitrogens is 1. The molecular weight excluding hydrogens is 210 g/mol. The van der Waals surface area contributed by atoms with Gasteiger partial charge in [0, 0.05) is 24.9 Å². The number of nitrogens with zero attached hydrogens (tertiary/aromatic N) is 1. The molecule has 0 unspecified atom stereocenters. The summed E-state index contributed by atoms with van der Waals surface area (Å²) in [6.45, 7) is 1.44. The van der Waals surface area contributed by atoms with Crippen molar-refractivity contribution in [3.05, 3.63) is 30.2 Å². The lowest BCUT2D eigenvalue weighted by molar-refractivity contribution is -0.122. The highest BCUT2D eigenvalue weighted by Gasteiger charge is 2.13. The van der Waals surface area contributed by atoms with Gasteiger partial charge in [0.25, 0.3) is 5.91 Å². The van der Waals surface area contributed by atoms with Gasteiger partial charge < -0.3 is 19.8 Å². The summed E-state index contributed by atoms with van der Waals surface area (Å²) >= 11 is 0. The van der Waals surface area contributed by atoms with Gasteiger partial charge in [-0.05, 0) is 0 Å². The van der Waals surface area contributed by atoms with E-state index in [9.17, 15) is 4.79 Å². The van der Waals surface area contributed by atoms with E-state index < -0.39 is 0 Å². The van der Waals surface area contributed by atoms with Crippen molar-refractivity contribution in [3.63, 3.8) is 0 Å². The van der Waals surface area contributed by atoms with Gasteiger partial charge >= 0.3 is 0 Å². The van der Waals surface area contributed by atoms with Gasteiger partial charge in [0.15, 0.2) is 0 Å². The Bertz CT molecular complexity index is 373. The van der Waals surface area contributed by atoms with Gasteiger partial charge in [-0.3, -0.25) is 4.79 Å². The average Bonchev–Trinajstić information content (AvgIpc) is 2.83. The van der Waals surface area contributed by atoms with Crippen LogP contribution in [0, 0.1) is 0 Å². The molecule has 0 aromatic carbocycles. The molecular formula is C10H13N3O3. The molecule has 86 valence electrons. The van der Waals surface area contributed by atoms with Crippen LogP contribution in [0.15, 0.2) is 24.5 Å².